The quantitative estimate of drug-likeness (QED) is 0.438. The van der Waals surface area contributed by atoms with Crippen molar-refractivity contribution in [1.82, 2.24) is 14.9 Å². The van der Waals surface area contributed by atoms with E-state index >= 15 is 0 Å². The van der Waals surface area contributed by atoms with E-state index in [-0.39, 0.29) is 18.1 Å². The predicted octanol–water partition coefficient (Wildman–Crippen LogP) is 5.09. The number of aromatic nitrogens is 2. The fourth-order valence-electron chi connectivity index (χ4n) is 3.87. The molecule has 4 rings (SSSR count). The van der Waals surface area contributed by atoms with Crippen molar-refractivity contribution in [2.24, 2.45) is 0 Å². The van der Waals surface area contributed by atoms with Crippen LogP contribution >= 0.6 is 0 Å². The Morgan fingerprint density at radius 3 is 2.63 bits per heavy atom. The lowest BCUT2D eigenvalue weighted by Gasteiger charge is -2.28. The number of carbonyl (C=O) groups excluding carboxylic acids is 1. The van der Waals surface area contributed by atoms with Gasteiger partial charge < -0.3 is 9.47 Å². The van der Waals surface area contributed by atoms with Gasteiger partial charge in [0.15, 0.2) is 17.5 Å². The van der Waals surface area contributed by atoms with Crippen LogP contribution in [0.2, 0.25) is 0 Å². The zero-order valence-electron chi connectivity index (χ0n) is 20.2. The van der Waals surface area contributed by atoms with Crippen LogP contribution in [0.15, 0.2) is 48.7 Å². The van der Waals surface area contributed by atoms with E-state index in [1.807, 2.05) is 39.1 Å². The Kier molecular flexibility index (Phi) is 7.40. The minimum absolute atomic E-state index is 0.0668. The van der Waals surface area contributed by atoms with Gasteiger partial charge in [-0.1, -0.05) is 12.1 Å². The molecule has 0 fully saturated rings. The molecule has 6 nitrogen and oxygen atoms in total. The smallest absolute Gasteiger partial charge is 0.307 e. The van der Waals surface area contributed by atoms with Gasteiger partial charge in [-0.05, 0) is 51.1 Å². The highest BCUT2D eigenvalue weighted by atomic mass is 19.2. The van der Waals surface area contributed by atoms with Gasteiger partial charge in [0.25, 0.3) is 0 Å². The topological polar surface area (TPSA) is 64.5 Å². The molecular weight excluding hydrogens is 452 g/mol. The molecule has 35 heavy (non-hydrogen) atoms. The molecule has 0 amide bonds. The summed E-state index contributed by atoms with van der Waals surface area (Å²) in [6.45, 7) is 7.68. The first-order chi connectivity index (χ1) is 16.7. The van der Waals surface area contributed by atoms with Crippen LogP contribution in [0.25, 0.3) is 11.4 Å². The van der Waals surface area contributed by atoms with E-state index in [1.165, 1.54) is 12.1 Å². The van der Waals surface area contributed by atoms with Gasteiger partial charge in [0.1, 0.15) is 18.0 Å². The Morgan fingerprint density at radius 1 is 1.11 bits per heavy atom. The number of esters is 1. The Morgan fingerprint density at radius 2 is 1.89 bits per heavy atom. The van der Waals surface area contributed by atoms with Crippen LogP contribution in [0.3, 0.4) is 0 Å². The first-order valence-corrected chi connectivity index (χ1v) is 11.6. The van der Waals surface area contributed by atoms with E-state index in [0.29, 0.717) is 31.1 Å². The molecule has 2 aromatic carbocycles. The Balaban J connectivity index is 1.34. The summed E-state index contributed by atoms with van der Waals surface area (Å²) in [5.41, 5.74) is 2.59. The molecule has 0 radical (unpaired) electrons. The summed E-state index contributed by atoms with van der Waals surface area (Å²) in [5.74, 6) is -0.819. The van der Waals surface area contributed by atoms with Gasteiger partial charge in [-0.25, -0.2) is 18.7 Å². The summed E-state index contributed by atoms with van der Waals surface area (Å²) >= 11 is 0. The zero-order chi connectivity index (χ0) is 25.0. The normalized spacial score (nSPS) is 13.9. The summed E-state index contributed by atoms with van der Waals surface area (Å²) in [5, 5.41) is 0. The maximum atomic E-state index is 13.8. The molecule has 0 saturated carbocycles. The van der Waals surface area contributed by atoms with Crippen LogP contribution in [-0.4, -0.2) is 39.5 Å². The van der Waals surface area contributed by atoms with Gasteiger partial charge in [0.2, 0.25) is 0 Å². The summed E-state index contributed by atoms with van der Waals surface area (Å²) in [6.07, 6.45) is 2.97. The molecule has 0 unspecified atom stereocenters. The highest BCUT2D eigenvalue weighted by molar-refractivity contribution is 5.70. The van der Waals surface area contributed by atoms with Crippen LogP contribution in [0.5, 0.6) is 5.75 Å². The van der Waals surface area contributed by atoms with Crippen LogP contribution in [0.4, 0.5) is 8.78 Å². The van der Waals surface area contributed by atoms with Crippen LogP contribution < -0.4 is 4.74 Å². The van der Waals surface area contributed by atoms with Crippen molar-refractivity contribution in [3.05, 3.63) is 77.1 Å². The number of benzene rings is 2. The first kappa shape index (κ1) is 24.7. The standard InChI is InChI=1S/C27H29F2N3O3/c1-27(2,3)35-24(33)12-14-32-13-11-23-20(16-32)15-30-26(31-23)18-7-9-21(10-8-18)34-17-19-5-4-6-22(28)25(19)29/h4-10,15H,11-14,16-17H2,1-3H3. The van der Waals surface area contributed by atoms with Gasteiger partial charge in [-0.15, -0.1) is 0 Å². The highest BCUT2D eigenvalue weighted by Gasteiger charge is 2.21. The van der Waals surface area contributed by atoms with Crippen molar-refractivity contribution >= 4 is 5.97 Å². The summed E-state index contributed by atoms with van der Waals surface area (Å²) in [7, 11) is 0. The summed E-state index contributed by atoms with van der Waals surface area (Å²) in [4.78, 5) is 23.5. The van der Waals surface area contributed by atoms with Gasteiger partial charge in [0, 0.05) is 48.9 Å². The second kappa shape index (κ2) is 10.5. The van der Waals surface area contributed by atoms with Gasteiger partial charge in [0.05, 0.1) is 12.1 Å². The molecule has 184 valence electrons. The largest absolute Gasteiger partial charge is 0.489 e. The second-order valence-corrected chi connectivity index (χ2v) is 9.55. The van der Waals surface area contributed by atoms with E-state index in [1.54, 1.807) is 12.1 Å². The Bertz CT molecular complexity index is 1190. The van der Waals surface area contributed by atoms with E-state index in [0.717, 1.165) is 35.9 Å². The molecule has 0 saturated heterocycles. The number of rotatable bonds is 7. The molecule has 8 heteroatoms. The number of fused-ring (bicyclic) bond motifs is 1. The molecule has 0 N–H and O–H groups in total. The molecule has 1 aliphatic heterocycles. The third kappa shape index (κ3) is 6.60. The fraction of sp³-hybridized carbons (Fsp3) is 0.370. The monoisotopic (exact) mass is 481 g/mol. The molecule has 0 atom stereocenters. The van der Waals surface area contributed by atoms with E-state index in [4.69, 9.17) is 14.5 Å². The number of hydrogen-bond acceptors (Lipinski definition) is 6. The van der Waals surface area contributed by atoms with Crippen molar-refractivity contribution in [3.63, 3.8) is 0 Å². The number of halogens is 2. The van der Waals surface area contributed by atoms with Crippen molar-refractivity contribution < 1.29 is 23.0 Å². The van der Waals surface area contributed by atoms with Crippen LogP contribution in [0.1, 0.15) is 44.0 Å². The third-order valence-electron chi connectivity index (χ3n) is 5.60. The van der Waals surface area contributed by atoms with Crippen molar-refractivity contribution in [3.8, 4) is 17.1 Å². The average molecular weight is 482 g/mol. The number of ether oxygens (including phenoxy) is 2. The van der Waals surface area contributed by atoms with Crippen molar-refractivity contribution in [2.75, 3.05) is 13.1 Å². The number of carbonyl (C=O) groups is 1. The van der Waals surface area contributed by atoms with E-state index in [2.05, 4.69) is 9.88 Å². The van der Waals surface area contributed by atoms with E-state index < -0.39 is 17.2 Å². The molecule has 1 aliphatic rings. The summed E-state index contributed by atoms with van der Waals surface area (Å²) in [6, 6.07) is 11.2. The molecule has 2 heterocycles. The highest BCUT2D eigenvalue weighted by Crippen LogP contribution is 2.24. The van der Waals surface area contributed by atoms with Crippen LogP contribution in [0, 0.1) is 11.6 Å². The Hall–Kier alpha value is -3.39. The number of hydrogen-bond donors (Lipinski definition) is 0. The van der Waals surface area contributed by atoms with Gasteiger partial charge >= 0.3 is 5.97 Å². The fourth-order valence-corrected chi connectivity index (χ4v) is 3.87. The lowest BCUT2D eigenvalue weighted by atomic mass is 10.1. The maximum Gasteiger partial charge on any atom is 0.307 e. The Labute approximate surface area is 203 Å². The SMILES string of the molecule is CC(C)(C)OC(=O)CCN1CCc2nc(-c3ccc(OCc4cccc(F)c4F)cc3)ncc2C1. The second-order valence-electron chi connectivity index (χ2n) is 9.55. The van der Waals surface area contributed by atoms with Gasteiger partial charge in [-0.3, -0.25) is 9.69 Å². The number of nitrogens with zero attached hydrogens (tertiary/aromatic N) is 3. The molecule has 0 spiro atoms. The minimum Gasteiger partial charge on any atom is -0.489 e. The van der Waals surface area contributed by atoms with Gasteiger partial charge in [-0.2, -0.15) is 0 Å². The van der Waals surface area contributed by atoms with Crippen molar-refractivity contribution in [1.29, 1.82) is 0 Å². The molecular formula is C27H29F2N3O3. The molecule has 1 aromatic heterocycles. The first-order valence-electron chi connectivity index (χ1n) is 11.6. The lowest BCUT2D eigenvalue weighted by Crippen LogP contribution is -2.34. The maximum absolute atomic E-state index is 13.8. The molecule has 3 aromatic rings. The van der Waals surface area contributed by atoms with Crippen LogP contribution in [-0.2, 0) is 29.1 Å². The third-order valence-corrected chi connectivity index (χ3v) is 5.60. The molecule has 0 aliphatic carbocycles. The zero-order valence-corrected chi connectivity index (χ0v) is 20.2. The minimum atomic E-state index is -0.894. The molecule has 0 bridgehead atoms. The predicted molar refractivity (Wildman–Crippen MR) is 128 cm³/mol. The van der Waals surface area contributed by atoms with Crippen molar-refractivity contribution in [2.45, 2.75) is 52.4 Å². The lowest BCUT2D eigenvalue weighted by molar-refractivity contribution is -0.155. The van der Waals surface area contributed by atoms with E-state index in [9.17, 15) is 13.6 Å². The summed E-state index contributed by atoms with van der Waals surface area (Å²) < 4.78 is 38.1. The average Bonchev–Trinajstić information content (AvgIpc) is 2.82.